The van der Waals surface area contributed by atoms with Crippen LogP contribution in [0.3, 0.4) is 0 Å². The third kappa shape index (κ3) is 16.3. The average Bonchev–Trinajstić information content (AvgIpc) is 1.74. The molecule has 2 aliphatic heterocycles. The molecule has 442 valence electrons. The number of benzene rings is 7. The number of methoxy groups -OCH3 is 6. The predicted molar refractivity (Wildman–Crippen MR) is 350 cm³/mol. The van der Waals surface area contributed by atoms with Gasteiger partial charge in [0.1, 0.15) is 29.3 Å². The van der Waals surface area contributed by atoms with Crippen molar-refractivity contribution >= 4 is 70.3 Å². The number of hydrogen-bond acceptors (Lipinski definition) is 11. The number of carbonyl (C=O) groups is 3. The van der Waals surface area contributed by atoms with Gasteiger partial charge in [0.25, 0.3) is 0 Å². The second-order valence-electron chi connectivity index (χ2n) is 21.5. The zero-order valence-electron chi connectivity index (χ0n) is 50.1. The van der Waals surface area contributed by atoms with Gasteiger partial charge in [-0.05, 0) is 138 Å². The first kappa shape index (κ1) is 64.6. The molecule has 0 fully saturated rings. The first-order valence-corrected chi connectivity index (χ1v) is 32.8. The molecule has 4 atom stereocenters. The minimum Gasteiger partial charge on any atom is -0.497 e. The van der Waals surface area contributed by atoms with Crippen LogP contribution in [0, 0.1) is 0 Å². The minimum absolute atomic E-state index is 0.0450. The molecule has 7 aromatic carbocycles. The quantitative estimate of drug-likeness (QED) is 0.0201. The van der Waals surface area contributed by atoms with Gasteiger partial charge in [-0.25, -0.2) is 9.59 Å². The highest BCUT2D eigenvalue weighted by Crippen LogP contribution is 2.54. The molecule has 0 amide bonds. The Morgan fingerprint density at radius 3 is 1.23 bits per heavy atom. The maximum absolute atomic E-state index is 12.3. The Morgan fingerprint density at radius 2 is 0.857 bits per heavy atom. The second-order valence-corrected chi connectivity index (χ2v) is 26.8. The third-order valence-corrected chi connectivity index (χ3v) is 23.2. The monoisotopic (exact) mass is 1190 g/mol. The fraction of sp³-hybridized carbons (Fsp3) is 0.333. The summed E-state index contributed by atoms with van der Waals surface area (Å²) in [4.78, 5) is 36.8. The number of esters is 2. The third-order valence-electron chi connectivity index (χ3n) is 16.4. The van der Waals surface area contributed by atoms with E-state index < -0.39 is 6.89 Å². The van der Waals surface area contributed by atoms with Gasteiger partial charge in [0.2, 0.25) is 0 Å². The summed E-state index contributed by atoms with van der Waals surface area (Å²) in [5.74, 6) is 7.76. The molecule has 84 heavy (non-hydrogen) atoms. The summed E-state index contributed by atoms with van der Waals surface area (Å²) in [6.45, 7) is 2.57. The Kier molecular flexibility index (Phi) is 24.9. The molecule has 0 aliphatic carbocycles. The smallest absolute Gasteiger partial charge is 0.331 e. The minimum atomic E-state index is -2.23. The number of carbonyl (C=O) groups excluding carboxylic acids is 3. The van der Waals surface area contributed by atoms with Gasteiger partial charge in [-0.3, -0.25) is 0 Å². The van der Waals surface area contributed by atoms with E-state index in [9.17, 15) is 14.4 Å². The largest absolute Gasteiger partial charge is 0.497 e. The van der Waals surface area contributed by atoms with Gasteiger partial charge in [0, 0.05) is 50.4 Å². The summed E-state index contributed by atoms with van der Waals surface area (Å²) in [5.41, 5.74) is 5.67. The van der Waals surface area contributed by atoms with Crippen LogP contribution in [0.5, 0.6) is 23.0 Å². The standard InChI is InChI=1S/C27H34O4S.C24H30O3S.C21H19O2P/c1-27(20-12-14-21(29-2)15-13-20)19-32-25-18-22(30-3)16-17-23(25)24(27)10-8-6-5-7-9-11-26(28)31-4;1-24(18-9-11-19(26-2)12-10-18)17-28-23-16-20(27-3)13-14-21(23)22(24)8-6-4-5-7-15-25;1-23-21(22)17-24(18-11-5-2-6-12-18,19-13-7-3-8-14-19)20-15-9-4-10-16-20/h9,11-18,24H,5-8,10,19H2,1-4H3;9-16,22H,4-8,17H2,1-3H3;2-17H,1H3/b11-9+;;. The van der Waals surface area contributed by atoms with Gasteiger partial charge in [0.05, 0.1) is 42.7 Å². The van der Waals surface area contributed by atoms with E-state index in [0.717, 1.165) is 114 Å². The molecule has 0 bridgehead atoms. The summed E-state index contributed by atoms with van der Waals surface area (Å²) < 4.78 is 31.3. The molecule has 0 N–H and O–H groups in total. The molecule has 2 aliphatic rings. The number of thioether (sulfide) groups is 2. The van der Waals surface area contributed by atoms with Gasteiger partial charge < -0.3 is 33.2 Å². The zero-order chi connectivity index (χ0) is 59.8. The van der Waals surface area contributed by atoms with E-state index in [4.69, 9.17) is 23.7 Å². The SMILES string of the molecule is COC(=O)/C=C/CCCCCC1c2ccc(OC)cc2SCC1(C)c1ccc(OC)cc1.COC(=O)C=P(c1ccccc1)(c1ccccc1)c1ccccc1.COc1ccc(C2(C)CSc3cc(OC)ccc3C2CCCCCC=O)cc1. The molecule has 0 saturated heterocycles. The maximum atomic E-state index is 12.3. The van der Waals surface area contributed by atoms with Gasteiger partial charge in [-0.1, -0.05) is 173 Å². The highest BCUT2D eigenvalue weighted by molar-refractivity contribution is 7.99. The van der Waals surface area contributed by atoms with Crippen LogP contribution in [0.15, 0.2) is 198 Å². The molecule has 0 radical (unpaired) electrons. The molecule has 9 rings (SSSR count). The van der Waals surface area contributed by atoms with Crippen molar-refractivity contribution in [2.24, 2.45) is 0 Å². The van der Waals surface area contributed by atoms with Gasteiger partial charge in [-0.15, -0.1) is 23.5 Å². The van der Waals surface area contributed by atoms with Crippen LogP contribution in [0.2, 0.25) is 0 Å². The molecule has 4 unspecified atom stereocenters. The van der Waals surface area contributed by atoms with Crippen LogP contribution >= 0.6 is 30.4 Å². The van der Waals surface area contributed by atoms with Crippen LogP contribution in [0.4, 0.5) is 0 Å². The lowest BCUT2D eigenvalue weighted by Gasteiger charge is -2.43. The van der Waals surface area contributed by atoms with Crippen molar-refractivity contribution in [1.29, 1.82) is 0 Å². The Bertz CT molecular complexity index is 3160. The van der Waals surface area contributed by atoms with Crippen molar-refractivity contribution in [2.45, 2.75) is 111 Å². The van der Waals surface area contributed by atoms with Crippen molar-refractivity contribution in [3.05, 3.63) is 210 Å². The number of unbranched alkanes of at least 4 members (excludes halogenated alkanes) is 6. The molecule has 0 aromatic heterocycles. The van der Waals surface area contributed by atoms with Crippen molar-refractivity contribution in [1.82, 2.24) is 0 Å². The van der Waals surface area contributed by atoms with Crippen molar-refractivity contribution < 1.29 is 42.8 Å². The van der Waals surface area contributed by atoms with Gasteiger partial charge in [-0.2, -0.15) is 0 Å². The van der Waals surface area contributed by atoms with E-state index in [0.29, 0.717) is 18.3 Å². The van der Waals surface area contributed by atoms with Crippen LogP contribution in [-0.4, -0.2) is 78.2 Å². The number of ether oxygens (including phenoxy) is 6. The molecule has 0 spiro atoms. The summed E-state index contributed by atoms with van der Waals surface area (Å²) in [6, 6.07) is 60.8. The zero-order valence-corrected chi connectivity index (χ0v) is 52.7. The van der Waals surface area contributed by atoms with E-state index in [1.54, 1.807) is 34.2 Å². The average molecular weight is 1190 g/mol. The molecule has 12 heteroatoms. The van der Waals surface area contributed by atoms with Crippen molar-refractivity contribution in [2.75, 3.05) is 54.2 Å². The fourth-order valence-corrected chi connectivity index (χ4v) is 18.1. The van der Waals surface area contributed by atoms with Gasteiger partial charge >= 0.3 is 11.9 Å². The number of allylic oxidation sites excluding steroid dienone is 1. The predicted octanol–water partition coefficient (Wildman–Crippen LogP) is 15.5. The van der Waals surface area contributed by atoms with Crippen LogP contribution < -0.4 is 34.9 Å². The van der Waals surface area contributed by atoms with Gasteiger partial charge in [0.15, 0.2) is 0 Å². The lowest BCUT2D eigenvalue weighted by molar-refractivity contribution is -0.135. The molecule has 9 nitrogen and oxygen atoms in total. The number of fused-ring (bicyclic) bond motifs is 2. The molecule has 2 heterocycles. The van der Waals surface area contributed by atoms with Crippen molar-refractivity contribution in [3.8, 4) is 23.0 Å². The second kappa shape index (κ2) is 32.4. The van der Waals surface area contributed by atoms with Crippen LogP contribution in [0.1, 0.15) is 112 Å². The molecule has 0 saturated carbocycles. The summed E-state index contributed by atoms with van der Waals surface area (Å²) in [7, 11) is 9.69. The Hall–Kier alpha value is -6.91. The fourth-order valence-electron chi connectivity index (χ4n) is 11.6. The van der Waals surface area contributed by atoms with E-state index in [-0.39, 0.29) is 22.8 Å². The van der Waals surface area contributed by atoms with Crippen molar-refractivity contribution in [3.63, 3.8) is 0 Å². The molecular weight excluding hydrogens is 1100 g/mol. The highest BCUT2D eigenvalue weighted by atomic mass is 32.2. The Morgan fingerprint density at radius 1 is 0.476 bits per heavy atom. The lowest BCUT2D eigenvalue weighted by atomic mass is 9.68. The van der Waals surface area contributed by atoms with Crippen LogP contribution in [0.25, 0.3) is 0 Å². The number of aldehydes is 1. The first-order valence-electron chi connectivity index (χ1n) is 29.0. The molecule has 7 aromatic rings. The normalized spacial score (nSPS) is 17.8. The van der Waals surface area contributed by atoms with Crippen LogP contribution in [-0.2, 0) is 34.7 Å². The van der Waals surface area contributed by atoms with E-state index in [1.807, 2.05) is 84.2 Å². The summed E-state index contributed by atoms with van der Waals surface area (Å²) >= 11 is 3.85. The van der Waals surface area contributed by atoms with E-state index in [1.165, 1.54) is 52.3 Å². The molecular formula is C72H83O9PS2. The van der Waals surface area contributed by atoms with E-state index in [2.05, 4.69) is 140 Å². The highest BCUT2D eigenvalue weighted by Gasteiger charge is 2.42. The topological polar surface area (TPSA) is 107 Å². The summed E-state index contributed by atoms with van der Waals surface area (Å²) in [6.07, 6.45) is 14.9. The maximum Gasteiger partial charge on any atom is 0.331 e. The first-order chi connectivity index (χ1) is 40.9. The Labute approximate surface area is 508 Å². The lowest BCUT2D eigenvalue weighted by Crippen LogP contribution is -2.36. The number of hydrogen-bond donors (Lipinski definition) is 0. The Balaban J connectivity index is 0.000000183. The van der Waals surface area contributed by atoms with E-state index >= 15 is 0 Å². The number of rotatable bonds is 23. The summed E-state index contributed by atoms with van der Waals surface area (Å²) in [5, 5.41) is 3.40.